The molecule has 148 valence electrons. The normalized spacial score (nSPS) is 15.0. The van der Waals surface area contributed by atoms with Gasteiger partial charge in [-0.25, -0.2) is 4.39 Å². The molecule has 0 aromatic heterocycles. The fraction of sp³-hybridized carbons (Fsp3) is 0.333. The summed E-state index contributed by atoms with van der Waals surface area (Å²) in [5, 5.41) is 2.47. The number of amides is 2. The Balaban J connectivity index is 1.64. The number of carbonyl (C=O) groups is 2. The Bertz CT molecular complexity index is 843. The van der Waals surface area contributed by atoms with E-state index in [1.54, 1.807) is 36.4 Å². The van der Waals surface area contributed by atoms with Crippen LogP contribution in [0.3, 0.4) is 0 Å². The van der Waals surface area contributed by atoms with Gasteiger partial charge < -0.3 is 19.9 Å². The molecule has 3 rings (SSSR count). The highest BCUT2D eigenvalue weighted by atomic mass is 19.1. The molecule has 1 aliphatic heterocycles. The number of halogens is 1. The van der Waals surface area contributed by atoms with Crippen LogP contribution in [-0.4, -0.2) is 61.4 Å². The summed E-state index contributed by atoms with van der Waals surface area (Å²) < 4.78 is 19.2. The number of hydrogen-bond acceptors (Lipinski definition) is 4. The number of nitrogens with one attached hydrogen (secondary N) is 1. The smallest absolute Gasteiger partial charge is 0.262 e. The lowest BCUT2D eigenvalue weighted by Gasteiger charge is -2.22. The number of likely N-dealkylation sites (N-methyl/N-ethyl adjacent to an activating group) is 1. The minimum absolute atomic E-state index is 0.0918. The zero-order valence-electron chi connectivity index (χ0n) is 15.9. The number of para-hydroxylation sites is 2. The Morgan fingerprint density at radius 2 is 1.79 bits per heavy atom. The first-order valence-electron chi connectivity index (χ1n) is 9.28. The third-order valence-electron chi connectivity index (χ3n) is 4.63. The molecule has 6 nitrogen and oxygen atoms in total. The molecule has 7 heteroatoms. The number of ether oxygens (including phenoxy) is 1. The lowest BCUT2D eigenvalue weighted by Crippen LogP contribution is -2.34. The summed E-state index contributed by atoms with van der Waals surface area (Å²) in [6.07, 6.45) is 0.913. The highest BCUT2D eigenvalue weighted by molar-refractivity contribution is 5.97. The Morgan fingerprint density at radius 1 is 1.04 bits per heavy atom. The van der Waals surface area contributed by atoms with Gasteiger partial charge in [-0.3, -0.25) is 9.59 Å². The van der Waals surface area contributed by atoms with Gasteiger partial charge >= 0.3 is 0 Å². The van der Waals surface area contributed by atoms with Crippen LogP contribution in [0.2, 0.25) is 0 Å². The summed E-state index contributed by atoms with van der Waals surface area (Å²) in [7, 11) is 2.04. The van der Waals surface area contributed by atoms with Crippen LogP contribution < -0.4 is 10.1 Å². The first kappa shape index (κ1) is 19.8. The lowest BCUT2D eigenvalue weighted by atomic mass is 10.1. The second-order valence-corrected chi connectivity index (χ2v) is 6.76. The monoisotopic (exact) mass is 385 g/mol. The van der Waals surface area contributed by atoms with Crippen molar-refractivity contribution in [3.63, 3.8) is 0 Å². The predicted molar refractivity (Wildman–Crippen MR) is 105 cm³/mol. The second kappa shape index (κ2) is 9.32. The van der Waals surface area contributed by atoms with Gasteiger partial charge in [0.1, 0.15) is 11.6 Å². The largest absolute Gasteiger partial charge is 0.483 e. The van der Waals surface area contributed by atoms with Crippen LogP contribution in [0.25, 0.3) is 0 Å². The zero-order chi connectivity index (χ0) is 19.9. The van der Waals surface area contributed by atoms with Crippen LogP contribution in [0.1, 0.15) is 16.8 Å². The van der Waals surface area contributed by atoms with E-state index in [1.165, 1.54) is 12.1 Å². The van der Waals surface area contributed by atoms with Crippen molar-refractivity contribution in [2.75, 3.05) is 45.2 Å². The van der Waals surface area contributed by atoms with Gasteiger partial charge in [0.15, 0.2) is 6.61 Å². The highest BCUT2D eigenvalue weighted by Gasteiger charge is 2.22. The van der Waals surface area contributed by atoms with Crippen LogP contribution in [0.15, 0.2) is 48.5 Å². The fourth-order valence-corrected chi connectivity index (χ4v) is 3.08. The number of rotatable bonds is 5. The number of hydrogen-bond donors (Lipinski definition) is 1. The minimum atomic E-state index is -0.516. The van der Waals surface area contributed by atoms with Gasteiger partial charge in [0, 0.05) is 19.6 Å². The molecule has 1 aliphatic rings. The van der Waals surface area contributed by atoms with Crippen molar-refractivity contribution < 1.29 is 18.7 Å². The standard InChI is InChI=1S/C21H24FN3O3/c1-24-11-6-12-25(14-13-24)21(27)16-7-2-5-10-19(16)28-15-20(26)23-18-9-4-3-8-17(18)22/h2-5,7-10H,6,11-15H2,1H3,(H,23,26). The van der Waals surface area contributed by atoms with E-state index in [4.69, 9.17) is 4.74 Å². The quantitative estimate of drug-likeness (QED) is 0.860. The van der Waals surface area contributed by atoms with Crippen molar-refractivity contribution in [3.05, 3.63) is 59.9 Å². The zero-order valence-corrected chi connectivity index (χ0v) is 15.9. The Kier molecular flexibility index (Phi) is 6.60. The number of benzene rings is 2. The fourth-order valence-electron chi connectivity index (χ4n) is 3.08. The minimum Gasteiger partial charge on any atom is -0.483 e. The number of nitrogens with zero attached hydrogens (tertiary/aromatic N) is 2. The maximum Gasteiger partial charge on any atom is 0.262 e. The Labute approximate surface area is 163 Å². The maximum absolute atomic E-state index is 13.6. The summed E-state index contributed by atoms with van der Waals surface area (Å²) >= 11 is 0. The molecule has 0 radical (unpaired) electrons. The topological polar surface area (TPSA) is 61.9 Å². The van der Waals surface area contributed by atoms with E-state index in [0.717, 1.165) is 19.5 Å². The third-order valence-corrected chi connectivity index (χ3v) is 4.63. The Morgan fingerprint density at radius 3 is 2.61 bits per heavy atom. The van der Waals surface area contributed by atoms with Crippen LogP contribution in [-0.2, 0) is 4.79 Å². The van der Waals surface area contributed by atoms with E-state index in [-0.39, 0.29) is 18.2 Å². The van der Waals surface area contributed by atoms with Gasteiger partial charge in [-0.15, -0.1) is 0 Å². The van der Waals surface area contributed by atoms with Crippen LogP contribution in [0.5, 0.6) is 5.75 Å². The summed E-state index contributed by atoms with van der Waals surface area (Å²) in [4.78, 5) is 29.0. The molecule has 0 atom stereocenters. The van der Waals surface area contributed by atoms with Crippen molar-refractivity contribution in [1.29, 1.82) is 0 Å². The van der Waals surface area contributed by atoms with E-state index in [9.17, 15) is 14.0 Å². The summed E-state index contributed by atoms with van der Waals surface area (Å²) in [5.74, 6) is -0.782. The molecule has 1 heterocycles. The van der Waals surface area contributed by atoms with Crippen LogP contribution >= 0.6 is 0 Å². The van der Waals surface area contributed by atoms with Gasteiger partial charge in [0.25, 0.3) is 11.8 Å². The van der Waals surface area contributed by atoms with E-state index in [0.29, 0.717) is 24.4 Å². The van der Waals surface area contributed by atoms with E-state index < -0.39 is 11.7 Å². The third kappa shape index (κ3) is 5.07. The average molecular weight is 385 g/mol. The molecular weight excluding hydrogens is 361 g/mol. The number of anilines is 1. The Hall–Kier alpha value is -2.93. The van der Waals surface area contributed by atoms with Crippen LogP contribution in [0.4, 0.5) is 10.1 Å². The molecule has 2 aromatic carbocycles. The summed E-state index contributed by atoms with van der Waals surface area (Å²) in [6.45, 7) is 2.79. The molecular formula is C21H24FN3O3. The molecule has 0 saturated carbocycles. The first-order chi connectivity index (χ1) is 13.5. The van der Waals surface area contributed by atoms with Crippen molar-refractivity contribution in [2.45, 2.75) is 6.42 Å². The van der Waals surface area contributed by atoms with Gasteiger partial charge in [-0.1, -0.05) is 24.3 Å². The van der Waals surface area contributed by atoms with E-state index in [1.807, 2.05) is 11.9 Å². The van der Waals surface area contributed by atoms with Crippen molar-refractivity contribution in [1.82, 2.24) is 9.80 Å². The molecule has 0 aliphatic carbocycles. The van der Waals surface area contributed by atoms with Gasteiger partial charge in [0.05, 0.1) is 11.3 Å². The second-order valence-electron chi connectivity index (χ2n) is 6.76. The van der Waals surface area contributed by atoms with Crippen molar-refractivity contribution >= 4 is 17.5 Å². The average Bonchev–Trinajstić information content (AvgIpc) is 2.92. The molecule has 1 fully saturated rings. The predicted octanol–water partition coefficient (Wildman–Crippen LogP) is 2.62. The SMILES string of the molecule is CN1CCCN(C(=O)c2ccccc2OCC(=O)Nc2ccccc2F)CC1. The molecule has 28 heavy (non-hydrogen) atoms. The molecule has 0 spiro atoms. The van der Waals surface area contributed by atoms with E-state index >= 15 is 0 Å². The van der Waals surface area contributed by atoms with Crippen molar-refractivity contribution in [3.8, 4) is 5.75 Å². The molecule has 1 saturated heterocycles. The van der Waals surface area contributed by atoms with Crippen molar-refractivity contribution in [2.24, 2.45) is 0 Å². The lowest BCUT2D eigenvalue weighted by molar-refractivity contribution is -0.118. The first-order valence-corrected chi connectivity index (χ1v) is 9.28. The molecule has 0 bridgehead atoms. The summed E-state index contributed by atoms with van der Waals surface area (Å²) in [6, 6.07) is 12.8. The van der Waals surface area contributed by atoms with Gasteiger partial charge in [-0.2, -0.15) is 0 Å². The number of carbonyl (C=O) groups excluding carboxylic acids is 2. The molecule has 0 unspecified atom stereocenters. The van der Waals surface area contributed by atoms with Gasteiger partial charge in [0.2, 0.25) is 0 Å². The van der Waals surface area contributed by atoms with Crippen LogP contribution in [0, 0.1) is 5.82 Å². The van der Waals surface area contributed by atoms with E-state index in [2.05, 4.69) is 10.2 Å². The highest BCUT2D eigenvalue weighted by Crippen LogP contribution is 2.21. The molecule has 2 aromatic rings. The molecule has 1 N–H and O–H groups in total. The van der Waals surface area contributed by atoms with Gasteiger partial charge in [-0.05, 0) is 44.3 Å². The summed E-state index contributed by atoms with van der Waals surface area (Å²) in [5.41, 5.74) is 0.514. The maximum atomic E-state index is 13.6. The molecule has 2 amide bonds.